The minimum absolute atomic E-state index is 0.0187. The summed E-state index contributed by atoms with van der Waals surface area (Å²) in [6.07, 6.45) is 2.68. The Balaban J connectivity index is 1.51. The third-order valence-corrected chi connectivity index (χ3v) is 6.87. The maximum atomic E-state index is 13.5. The van der Waals surface area contributed by atoms with Crippen molar-refractivity contribution in [3.05, 3.63) is 71.5 Å². The lowest BCUT2D eigenvalue weighted by atomic mass is 10.1. The van der Waals surface area contributed by atoms with Gasteiger partial charge in [-0.05, 0) is 43.0 Å². The molecule has 0 saturated carbocycles. The molecule has 1 fully saturated rings. The van der Waals surface area contributed by atoms with Gasteiger partial charge in [-0.1, -0.05) is 54.2 Å². The summed E-state index contributed by atoms with van der Waals surface area (Å²) in [5, 5.41) is 9.28. The lowest BCUT2D eigenvalue weighted by Gasteiger charge is -2.23. The predicted octanol–water partition coefficient (Wildman–Crippen LogP) is 3.51. The predicted molar refractivity (Wildman–Crippen MR) is 136 cm³/mol. The first-order chi connectivity index (χ1) is 17.0. The molecule has 184 valence electrons. The van der Waals surface area contributed by atoms with Gasteiger partial charge in [0.25, 0.3) is 0 Å². The van der Waals surface area contributed by atoms with Crippen molar-refractivity contribution in [2.24, 2.45) is 5.73 Å². The molecule has 2 heterocycles. The highest BCUT2D eigenvalue weighted by molar-refractivity contribution is 7.99. The molecule has 1 unspecified atom stereocenters. The molecule has 1 aliphatic rings. The van der Waals surface area contributed by atoms with Crippen molar-refractivity contribution in [2.75, 3.05) is 17.3 Å². The van der Waals surface area contributed by atoms with Gasteiger partial charge in [0.15, 0.2) is 5.16 Å². The fraction of sp³-hybridized carbons (Fsp3) is 0.385. The van der Waals surface area contributed by atoms with E-state index in [2.05, 4.69) is 10.2 Å². The number of anilines is 1. The normalized spacial score (nSPS) is 15.3. The van der Waals surface area contributed by atoms with Crippen molar-refractivity contribution in [3.63, 3.8) is 0 Å². The van der Waals surface area contributed by atoms with Gasteiger partial charge in [-0.25, -0.2) is 0 Å². The van der Waals surface area contributed by atoms with E-state index in [9.17, 15) is 9.59 Å². The van der Waals surface area contributed by atoms with Crippen molar-refractivity contribution in [1.82, 2.24) is 14.8 Å². The highest BCUT2D eigenvalue weighted by Crippen LogP contribution is 2.25. The smallest absolute Gasteiger partial charge is 0.237 e. The zero-order valence-corrected chi connectivity index (χ0v) is 20.7. The van der Waals surface area contributed by atoms with Crippen LogP contribution >= 0.6 is 11.8 Å². The molecular weight excluding hydrogens is 462 g/mol. The monoisotopic (exact) mass is 493 g/mol. The van der Waals surface area contributed by atoms with E-state index in [4.69, 9.17) is 10.5 Å². The molecule has 8 nitrogen and oxygen atoms in total. The Morgan fingerprint density at radius 2 is 2.00 bits per heavy atom. The van der Waals surface area contributed by atoms with Gasteiger partial charge >= 0.3 is 0 Å². The molecule has 2 aromatic carbocycles. The van der Waals surface area contributed by atoms with Crippen LogP contribution in [-0.4, -0.2) is 45.0 Å². The van der Waals surface area contributed by atoms with Crippen molar-refractivity contribution in [1.29, 1.82) is 0 Å². The number of benzene rings is 2. The lowest BCUT2D eigenvalue weighted by molar-refractivity contribution is -0.118. The minimum atomic E-state index is -0.379. The van der Waals surface area contributed by atoms with Gasteiger partial charge in [0.2, 0.25) is 11.8 Å². The zero-order valence-electron chi connectivity index (χ0n) is 19.9. The largest absolute Gasteiger partial charge is 0.376 e. The van der Waals surface area contributed by atoms with E-state index in [0.717, 1.165) is 36.3 Å². The summed E-state index contributed by atoms with van der Waals surface area (Å²) < 4.78 is 7.79. The molecule has 1 aliphatic heterocycles. The number of primary amides is 1. The average molecular weight is 494 g/mol. The van der Waals surface area contributed by atoms with Gasteiger partial charge in [0.1, 0.15) is 5.82 Å². The van der Waals surface area contributed by atoms with Crippen LogP contribution in [0.1, 0.15) is 36.2 Å². The molecule has 0 aliphatic carbocycles. The summed E-state index contributed by atoms with van der Waals surface area (Å²) in [4.78, 5) is 26.6. The van der Waals surface area contributed by atoms with E-state index in [-0.39, 0.29) is 30.1 Å². The van der Waals surface area contributed by atoms with Crippen LogP contribution in [0.15, 0.2) is 59.8 Å². The van der Waals surface area contributed by atoms with E-state index < -0.39 is 0 Å². The number of amides is 2. The molecule has 35 heavy (non-hydrogen) atoms. The second-order valence-corrected chi connectivity index (χ2v) is 9.65. The van der Waals surface area contributed by atoms with Crippen molar-refractivity contribution in [2.45, 2.75) is 57.0 Å². The Morgan fingerprint density at radius 1 is 1.17 bits per heavy atom. The molecule has 0 radical (unpaired) electrons. The van der Waals surface area contributed by atoms with Gasteiger partial charge in [-0.2, -0.15) is 0 Å². The third-order valence-electron chi connectivity index (χ3n) is 5.92. The third kappa shape index (κ3) is 6.93. The zero-order chi connectivity index (χ0) is 24.6. The Bertz CT molecular complexity index is 1140. The number of aromatic nitrogens is 3. The summed E-state index contributed by atoms with van der Waals surface area (Å²) in [7, 11) is 0. The highest BCUT2D eigenvalue weighted by atomic mass is 32.2. The van der Waals surface area contributed by atoms with Crippen LogP contribution in [-0.2, 0) is 33.8 Å². The van der Waals surface area contributed by atoms with Gasteiger partial charge in [-0.3, -0.25) is 9.59 Å². The molecule has 1 atom stereocenters. The van der Waals surface area contributed by atoms with Crippen molar-refractivity contribution in [3.8, 4) is 0 Å². The van der Waals surface area contributed by atoms with Gasteiger partial charge in [-0.15, -0.1) is 10.2 Å². The number of aryl methyl sites for hydroxylation is 2. The van der Waals surface area contributed by atoms with E-state index >= 15 is 0 Å². The molecule has 2 N–H and O–H groups in total. The first-order valence-corrected chi connectivity index (χ1v) is 12.8. The van der Waals surface area contributed by atoms with Gasteiger partial charge < -0.3 is 19.9 Å². The number of carbonyl (C=O) groups is 2. The maximum Gasteiger partial charge on any atom is 0.237 e. The van der Waals surface area contributed by atoms with Crippen LogP contribution in [0.3, 0.4) is 0 Å². The Hall–Kier alpha value is -3.17. The first-order valence-electron chi connectivity index (χ1n) is 11.9. The van der Waals surface area contributed by atoms with E-state index in [1.165, 1.54) is 11.8 Å². The van der Waals surface area contributed by atoms with Gasteiger partial charge in [0.05, 0.1) is 24.9 Å². The van der Waals surface area contributed by atoms with Crippen LogP contribution in [0.4, 0.5) is 5.69 Å². The average Bonchev–Trinajstić information content (AvgIpc) is 3.50. The first kappa shape index (κ1) is 24.9. The summed E-state index contributed by atoms with van der Waals surface area (Å²) in [6.45, 7) is 3.85. The van der Waals surface area contributed by atoms with E-state index in [1.807, 2.05) is 71.0 Å². The second-order valence-electron chi connectivity index (χ2n) is 8.70. The summed E-state index contributed by atoms with van der Waals surface area (Å²) in [5.74, 6) is 0.500. The van der Waals surface area contributed by atoms with E-state index in [0.29, 0.717) is 30.5 Å². The quantitative estimate of drug-likeness (QED) is 0.410. The molecule has 1 saturated heterocycles. The summed E-state index contributed by atoms with van der Waals surface area (Å²) in [5.41, 5.74) is 8.36. The number of rotatable bonds is 11. The molecule has 1 aromatic heterocycles. The molecule has 9 heteroatoms. The number of nitrogens with two attached hydrogens (primary N) is 1. The molecule has 3 aromatic rings. The number of nitrogens with zero attached hydrogens (tertiary/aromatic N) is 4. The number of hydrogen-bond donors (Lipinski definition) is 1. The highest BCUT2D eigenvalue weighted by Gasteiger charge is 2.23. The topological polar surface area (TPSA) is 103 Å². The second kappa shape index (κ2) is 12.0. The van der Waals surface area contributed by atoms with Crippen molar-refractivity contribution < 1.29 is 14.3 Å². The Labute approximate surface area is 209 Å². The number of ether oxygens (including phenoxy) is 1. The van der Waals surface area contributed by atoms with Crippen LogP contribution in [0.25, 0.3) is 0 Å². The summed E-state index contributed by atoms with van der Waals surface area (Å²) in [6, 6.07) is 17.9. The van der Waals surface area contributed by atoms with Crippen molar-refractivity contribution >= 4 is 29.3 Å². The number of carbonyl (C=O) groups excluding carboxylic acids is 2. The maximum absolute atomic E-state index is 13.5. The van der Waals surface area contributed by atoms with E-state index in [1.54, 1.807) is 0 Å². The standard InChI is InChI=1S/C26H31N5O3S/c1-19-7-5-10-21(15-19)30(16-20-8-3-2-4-9-20)25(33)18-35-26-29-28-24(13-12-23(27)32)31(26)17-22-11-6-14-34-22/h2-5,7-10,15,22H,6,11-14,16-18H2,1H3,(H2,27,32). The van der Waals surface area contributed by atoms with Crippen LogP contribution in [0.2, 0.25) is 0 Å². The minimum Gasteiger partial charge on any atom is -0.376 e. The molecule has 0 bridgehead atoms. The van der Waals surface area contributed by atoms with Gasteiger partial charge in [0, 0.05) is 25.1 Å². The molecule has 4 rings (SSSR count). The lowest BCUT2D eigenvalue weighted by Crippen LogP contribution is -2.32. The molecule has 0 spiro atoms. The number of thioether (sulfide) groups is 1. The molecular formula is C26H31N5O3S. The fourth-order valence-electron chi connectivity index (χ4n) is 4.11. The SMILES string of the molecule is Cc1cccc(N(Cc2ccccc2)C(=O)CSc2nnc(CCC(N)=O)n2CC2CCCO2)c1. The summed E-state index contributed by atoms with van der Waals surface area (Å²) >= 11 is 1.36. The Kier molecular flexibility index (Phi) is 8.54. The fourth-order valence-corrected chi connectivity index (χ4v) is 4.95. The number of hydrogen-bond acceptors (Lipinski definition) is 6. The van der Waals surface area contributed by atoms with Crippen LogP contribution in [0.5, 0.6) is 0 Å². The van der Waals surface area contributed by atoms with Crippen LogP contribution in [0, 0.1) is 6.92 Å². The van der Waals surface area contributed by atoms with Crippen LogP contribution < -0.4 is 10.6 Å². The Morgan fingerprint density at radius 3 is 2.71 bits per heavy atom. The molecule has 2 amide bonds.